The Balaban J connectivity index is 1.44. The van der Waals surface area contributed by atoms with Crippen molar-refractivity contribution in [2.24, 2.45) is 22.4 Å². The number of carbonyl (C=O) groups excluding carboxylic acids is 2. The Morgan fingerprint density at radius 2 is 1.81 bits per heavy atom. The third kappa shape index (κ3) is 4.37. The summed E-state index contributed by atoms with van der Waals surface area (Å²) in [5, 5.41) is 13.3. The summed E-state index contributed by atoms with van der Waals surface area (Å²) in [5.41, 5.74) is 1.74. The molecular formula is C23H25ClN2O5. The Morgan fingerprint density at radius 1 is 1.16 bits per heavy atom. The number of methoxy groups -OCH3 is 1. The second-order valence-corrected chi connectivity index (χ2v) is 9.88. The van der Waals surface area contributed by atoms with Gasteiger partial charge in [-0.25, -0.2) is 4.79 Å². The van der Waals surface area contributed by atoms with Crippen LogP contribution >= 0.6 is 11.6 Å². The molecule has 0 amide bonds. The molecule has 8 heteroatoms. The van der Waals surface area contributed by atoms with E-state index in [1.807, 2.05) is 0 Å². The van der Waals surface area contributed by atoms with Crippen LogP contribution in [0.2, 0.25) is 0 Å². The van der Waals surface area contributed by atoms with Gasteiger partial charge in [-0.2, -0.15) is 5.10 Å². The van der Waals surface area contributed by atoms with E-state index < -0.39 is 22.9 Å². The number of carboxylic acid groups (broad SMARTS) is 1. The number of benzene rings is 1. The standard InChI is InChI=1S/C23H25ClN2O5/c1-31-17-4-2-16(3-5-17)19(27)7-18(21(29)30)26-25-12-20(28)22-8-14-6-15(9-22)11-23(24,10-14)13-22/h2-5,7,12,14-15,26H,6,8-11,13H2,1H3,(H,29,30). The molecule has 4 aliphatic carbocycles. The zero-order valence-corrected chi connectivity index (χ0v) is 18.0. The first-order valence-electron chi connectivity index (χ1n) is 10.4. The maximum Gasteiger partial charge on any atom is 0.353 e. The van der Waals surface area contributed by atoms with Crippen LogP contribution < -0.4 is 10.2 Å². The van der Waals surface area contributed by atoms with Gasteiger partial charge >= 0.3 is 5.97 Å². The van der Waals surface area contributed by atoms with Crippen molar-refractivity contribution in [3.8, 4) is 5.75 Å². The van der Waals surface area contributed by atoms with Gasteiger partial charge in [-0.05, 0) is 74.6 Å². The maximum atomic E-state index is 13.0. The molecule has 164 valence electrons. The van der Waals surface area contributed by atoms with Crippen molar-refractivity contribution in [3.63, 3.8) is 0 Å². The highest BCUT2D eigenvalue weighted by Gasteiger charge is 2.59. The second kappa shape index (κ2) is 8.11. The molecule has 7 nitrogen and oxygen atoms in total. The summed E-state index contributed by atoms with van der Waals surface area (Å²) >= 11 is 6.78. The smallest absolute Gasteiger partial charge is 0.353 e. The van der Waals surface area contributed by atoms with Gasteiger partial charge in [-0.1, -0.05) is 0 Å². The highest BCUT2D eigenvalue weighted by atomic mass is 35.5. The van der Waals surface area contributed by atoms with Gasteiger partial charge in [0.05, 0.1) is 13.3 Å². The van der Waals surface area contributed by atoms with Crippen LogP contribution in [0.25, 0.3) is 0 Å². The molecule has 0 saturated heterocycles. The maximum absolute atomic E-state index is 13.0. The van der Waals surface area contributed by atoms with E-state index in [4.69, 9.17) is 16.3 Å². The first kappa shape index (κ1) is 21.6. The summed E-state index contributed by atoms with van der Waals surface area (Å²) in [5.74, 6) is -0.435. The molecule has 4 bridgehead atoms. The molecule has 2 atom stereocenters. The summed E-state index contributed by atoms with van der Waals surface area (Å²) in [4.78, 5) is 36.6. The minimum absolute atomic E-state index is 0.120. The van der Waals surface area contributed by atoms with Crippen molar-refractivity contribution in [3.05, 3.63) is 41.6 Å². The van der Waals surface area contributed by atoms with Gasteiger partial charge in [0.2, 0.25) is 0 Å². The van der Waals surface area contributed by atoms with Gasteiger partial charge in [0.15, 0.2) is 11.6 Å². The van der Waals surface area contributed by atoms with E-state index in [-0.39, 0.29) is 10.7 Å². The van der Waals surface area contributed by atoms with E-state index in [2.05, 4.69) is 10.5 Å². The Hall–Kier alpha value is -2.67. The van der Waals surface area contributed by atoms with Crippen LogP contribution in [0.15, 0.2) is 41.1 Å². The molecule has 0 aliphatic heterocycles. The Labute approximate surface area is 185 Å². The third-order valence-corrected chi connectivity index (χ3v) is 7.20. The van der Waals surface area contributed by atoms with E-state index in [1.165, 1.54) is 7.11 Å². The van der Waals surface area contributed by atoms with Crippen LogP contribution in [-0.4, -0.2) is 40.8 Å². The van der Waals surface area contributed by atoms with Crippen molar-refractivity contribution in [2.45, 2.75) is 43.4 Å². The molecule has 4 saturated carbocycles. The number of nitrogens with zero attached hydrogens (tertiary/aromatic N) is 1. The normalized spacial score (nSPS) is 31.6. The van der Waals surface area contributed by atoms with E-state index in [0.717, 1.165) is 44.4 Å². The number of ketones is 2. The number of Topliss-reactive ketones (excluding diaryl/α,β-unsaturated/α-hetero) is 1. The predicted octanol–water partition coefficient (Wildman–Crippen LogP) is 3.57. The molecule has 4 fully saturated rings. The molecular weight excluding hydrogens is 420 g/mol. The molecule has 2 unspecified atom stereocenters. The lowest BCUT2D eigenvalue weighted by Crippen LogP contribution is -2.56. The van der Waals surface area contributed by atoms with Crippen molar-refractivity contribution in [2.75, 3.05) is 7.11 Å². The topological polar surface area (TPSA) is 105 Å². The van der Waals surface area contributed by atoms with Crippen molar-refractivity contribution < 1.29 is 24.2 Å². The molecule has 4 aliphatic rings. The first-order chi connectivity index (χ1) is 14.7. The van der Waals surface area contributed by atoms with Gasteiger partial charge in [0.1, 0.15) is 11.4 Å². The number of allylic oxidation sites excluding steroid dienone is 1. The predicted molar refractivity (Wildman–Crippen MR) is 115 cm³/mol. The molecule has 2 N–H and O–H groups in total. The van der Waals surface area contributed by atoms with Crippen molar-refractivity contribution in [1.82, 2.24) is 5.43 Å². The number of rotatable bonds is 8. The van der Waals surface area contributed by atoms with Crippen LogP contribution in [0, 0.1) is 17.3 Å². The summed E-state index contributed by atoms with van der Waals surface area (Å²) in [7, 11) is 1.51. The number of ether oxygens (including phenoxy) is 1. The van der Waals surface area contributed by atoms with Gasteiger partial charge in [-0.3, -0.25) is 15.0 Å². The van der Waals surface area contributed by atoms with Crippen LogP contribution in [-0.2, 0) is 9.59 Å². The highest BCUT2D eigenvalue weighted by Crippen LogP contribution is 2.63. The first-order valence-corrected chi connectivity index (χ1v) is 10.8. The van der Waals surface area contributed by atoms with E-state index in [0.29, 0.717) is 29.6 Å². The fraction of sp³-hybridized carbons (Fsp3) is 0.478. The SMILES string of the molecule is COc1ccc(C(=O)C=C(NN=CC(=O)C23CC4CC(CC(Cl)(C4)C2)C3)C(=O)O)cc1. The van der Waals surface area contributed by atoms with Crippen LogP contribution in [0.5, 0.6) is 5.75 Å². The summed E-state index contributed by atoms with van der Waals surface area (Å²) in [6.45, 7) is 0. The van der Waals surface area contributed by atoms with Crippen molar-refractivity contribution in [1.29, 1.82) is 0 Å². The summed E-state index contributed by atoms with van der Waals surface area (Å²) in [6.07, 6.45) is 7.46. The molecule has 0 aromatic heterocycles. The van der Waals surface area contributed by atoms with Crippen LogP contribution in [0.1, 0.15) is 48.9 Å². The Bertz CT molecular complexity index is 955. The molecule has 0 radical (unpaired) electrons. The number of nitrogens with one attached hydrogen (secondary N) is 1. The minimum atomic E-state index is -1.35. The highest BCUT2D eigenvalue weighted by molar-refractivity contribution is 6.31. The minimum Gasteiger partial charge on any atom is -0.497 e. The van der Waals surface area contributed by atoms with Crippen molar-refractivity contribution >= 4 is 35.4 Å². The number of hydrogen-bond acceptors (Lipinski definition) is 6. The largest absolute Gasteiger partial charge is 0.497 e. The van der Waals surface area contributed by atoms with E-state index in [1.54, 1.807) is 24.3 Å². The number of aliphatic carboxylic acids is 1. The van der Waals surface area contributed by atoms with E-state index in [9.17, 15) is 19.5 Å². The lowest BCUT2D eigenvalue weighted by Gasteiger charge is -2.59. The molecule has 31 heavy (non-hydrogen) atoms. The number of halogens is 1. The van der Waals surface area contributed by atoms with Crippen LogP contribution in [0.3, 0.4) is 0 Å². The second-order valence-electron chi connectivity index (χ2n) is 9.08. The molecule has 0 spiro atoms. The monoisotopic (exact) mass is 444 g/mol. The van der Waals surface area contributed by atoms with E-state index >= 15 is 0 Å². The van der Waals surface area contributed by atoms with Gasteiger partial charge in [0.25, 0.3) is 0 Å². The average molecular weight is 445 g/mol. The molecule has 1 aromatic carbocycles. The van der Waals surface area contributed by atoms with Gasteiger partial charge in [0, 0.05) is 21.9 Å². The van der Waals surface area contributed by atoms with Gasteiger partial charge in [-0.15, -0.1) is 11.6 Å². The number of carboxylic acids is 1. The fourth-order valence-corrected chi connectivity index (χ4v) is 6.54. The summed E-state index contributed by atoms with van der Waals surface area (Å²) < 4.78 is 5.04. The Morgan fingerprint density at radius 3 is 2.35 bits per heavy atom. The third-order valence-electron chi connectivity index (χ3n) is 6.76. The zero-order chi connectivity index (χ0) is 22.2. The van der Waals surface area contributed by atoms with Crippen LogP contribution in [0.4, 0.5) is 0 Å². The number of carbonyl (C=O) groups is 3. The number of alkyl halides is 1. The molecule has 1 aromatic rings. The lowest BCUT2D eigenvalue weighted by molar-refractivity contribution is -0.135. The number of hydrazone groups is 1. The molecule has 5 rings (SSSR count). The fourth-order valence-electron chi connectivity index (χ4n) is 5.85. The molecule has 0 heterocycles. The number of hydrogen-bond donors (Lipinski definition) is 2. The quantitative estimate of drug-likeness (QED) is 0.209. The van der Waals surface area contributed by atoms with Gasteiger partial charge < -0.3 is 9.84 Å². The Kier molecular flexibility index (Phi) is 5.64. The lowest BCUT2D eigenvalue weighted by atomic mass is 9.48. The average Bonchev–Trinajstić information content (AvgIpc) is 2.71. The zero-order valence-electron chi connectivity index (χ0n) is 17.3. The summed E-state index contributed by atoms with van der Waals surface area (Å²) in [6, 6.07) is 6.31.